The molecule has 132 valence electrons. The highest BCUT2D eigenvalue weighted by Crippen LogP contribution is 2.37. The van der Waals surface area contributed by atoms with Crippen LogP contribution in [-0.2, 0) is 4.79 Å². The fourth-order valence-electron chi connectivity index (χ4n) is 3.10. The number of alkyl halides is 3. The lowest BCUT2D eigenvalue weighted by Crippen LogP contribution is -2.40. The molecule has 0 saturated carbocycles. The second-order valence-corrected chi connectivity index (χ2v) is 5.92. The van der Waals surface area contributed by atoms with Gasteiger partial charge in [-0.1, -0.05) is 6.07 Å². The molecule has 1 saturated heterocycles. The second-order valence-electron chi connectivity index (χ2n) is 5.92. The van der Waals surface area contributed by atoms with Crippen molar-refractivity contribution in [2.75, 3.05) is 32.8 Å². The maximum Gasteiger partial charge on any atom is 0.405 e. The zero-order valence-electron chi connectivity index (χ0n) is 13.1. The molecule has 0 spiro atoms. The standard InChI is InChI=1S/C16H19F3N2O3/c17-16(18,19)10-20-15(22)9-21-5-1-2-12(21)11-3-4-13-14(8-11)24-7-6-23-13/h3-4,8,12H,1-2,5-7,9-10H2,(H,20,22)/t12-/m1/s1. The van der Waals surface area contributed by atoms with Gasteiger partial charge in [0.1, 0.15) is 19.8 Å². The number of likely N-dealkylation sites (tertiary alicyclic amines) is 1. The summed E-state index contributed by atoms with van der Waals surface area (Å²) in [5.41, 5.74) is 0.986. The Kier molecular flexibility index (Phi) is 4.84. The van der Waals surface area contributed by atoms with Gasteiger partial charge in [0, 0.05) is 6.04 Å². The molecular formula is C16H19F3N2O3. The van der Waals surface area contributed by atoms with Crippen molar-refractivity contribution in [3.05, 3.63) is 23.8 Å². The Morgan fingerprint density at radius 2 is 2.00 bits per heavy atom. The first-order chi connectivity index (χ1) is 11.4. The molecule has 1 aromatic carbocycles. The summed E-state index contributed by atoms with van der Waals surface area (Å²) in [5.74, 6) is 0.751. The molecule has 8 heteroatoms. The molecule has 5 nitrogen and oxygen atoms in total. The van der Waals surface area contributed by atoms with Crippen molar-refractivity contribution in [1.82, 2.24) is 10.2 Å². The van der Waals surface area contributed by atoms with Gasteiger partial charge in [-0.15, -0.1) is 0 Å². The number of hydrogen-bond donors (Lipinski definition) is 1. The van der Waals surface area contributed by atoms with Crippen LogP contribution in [0.5, 0.6) is 11.5 Å². The van der Waals surface area contributed by atoms with Crippen LogP contribution in [0.1, 0.15) is 24.4 Å². The second kappa shape index (κ2) is 6.88. The SMILES string of the molecule is O=C(CN1CCC[C@@H]1c1ccc2c(c1)OCCO2)NCC(F)(F)F. The van der Waals surface area contributed by atoms with Gasteiger partial charge in [0.25, 0.3) is 0 Å². The lowest BCUT2D eigenvalue weighted by molar-refractivity contribution is -0.139. The van der Waals surface area contributed by atoms with E-state index in [1.54, 1.807) is 0 Å². The van der Waals surface area contributed by atoms with Gasteiger partial charge >= 0.3 is 6.18 Å². The molecule has 1 fully saturated rings. The van der Waals surface area contributed by atoms with E-state index in [9.17, 15) is 18.0 Å². The average molecular weight is 344 g/mol. The number of carbonyl (C=O) groups excluding carboxylic acids is 1. The quantitative estimate of drug-likeness (QED) is 0.910. The lowest BCUT2D eigenvalue weighted by atomic mass is 10.0. The summed E-state index contributed by atoms with van der Waals surface area (Å²) in [4.78, 5) is 13.7. The zero-order valence-corrected chi connectivity index (χ0v) is 13.1. The third-order valence-electron chi connectivity index (χ3n) is 4.15. The molecule has 0 radical (unpaired) electrons. The minimum absolute atomic E-state index is 0.00235. The Hall–Kier alpha value is -1.96. The van der Waals surface area contributed by atoms with E-state index in [0.29, 0.717) is 31.3 Å². The molecule has 3 rings (SSSR count). The Bertz CT molecular complexity index is 607. The molecule has 1 aromatic rings. The number of rotatable bonds is 4. The molecule has 24 heavy (non-hydrogen) atoms. The predicted octanol–water partition coefficient (Wildman–Crippen LogP) is 2.27. The van der Waals surface area contributed by atoms with Gasteiger partial charge in [-0.2, -0.15) is 13.2 Å². The molecule has 0 unspecified atom stereocenters. The smallest absolute Gasteiger partial charge is 0.405 e. The number of fused-ring (bicyclic) bond motifs is 1. The Morgan fingerprint density at radius 1 is 1.25 bits per heavy atom. The van der Waals surface area contributed by atoms with Gasteiger partial charge in [0.05, 0.1) is 6.54 Å². The number of amides is 1. The highest BCUT2D eigenvalue weighted by Gasteiger charge is 2.31. The molecule has 1 atom stereocenters. The molecule has 2 aliphatic rings. The molecule has 1 N–H and O–H groups in total. The van der Waals surface area contributed by atoms with Crippen molar-refractivity contribution in [3.63, 3.8) is 0 Å². The largest absolute Gasteiger partial charge is 0.486 e. The summed E-state index contributed by atoms with van der Waals surface area (Å²) in [6.07, 6.45) is -2.65. The molecule has 2 aliphatic heterocycles. The van der Waals surface area contributed by atoms with Gasteiger partial charge in [0.15, 0.2) is 11.5 Å². The first kappa shape index (κ1) is 16.9. The number of ether oxygens (including phenoxy) is 2. The predicted molar refractivity (Wildman–Crippen MR) is 80.0 cm³/mol. The van der Waals surface area contributed by atoms with Crippen molar-refractivity contribution in [1.29, 1.82) is 0 Å². The van der Waals surface area contributed by atoms with E-state index in [1.165, 1.54) is 0 Å². The number of hydrogen-bond acceptors (Lipinski definition) is 4. The van der Waals surface area contributed by atoms with Crippen molar-refractivity contribution in [2.24, 2.45) is 0 Å². The minimum Gasteiger partial charge on any atom is -0.486 e. The number of benzene rings is 1. The van der Waals surface area contributed by atoms with E-state index >= 15 is 0 Å². The Balaban J connectivity index is 1.64. The fourth-order valence-corrected chi connectivity index (χ4v) is 3.10. The first-order valence-corrected chi connectivity index (χ1v) is 7.89. The van der Waals surface area contributed by atoms with Gasteiger partial charge < -0.3 is 14.8 Å². The molecule has 2 heterocycles. The highest BCUT2D eigenvalue weighted by molar-refractivity contribution is 5.78. The number of nitrogens with one attached hydrogen (secondary N) is 1. The summed E-state index contributed by atoms with van der Waals surface area (Å²) in [6, 6.07) is 5.65. The number of nitrogens with zero attached hydrogens (tertiary/aromatic N) is 1. The van der Waals surface area contributed by atoms with Crippen LogP contribution in [0.4, 0.5) is 13.2 Å². The molecule has 0 bridgehead atoms. The fraction of sp³-hybridized carbons (Fsp3) is 0.562. The van der Waals surface area contributed by atoms with Crippen LogP contribution in [0.25, 0.3) is 0 Å². The van der Waals surface area contributed by atoms with Crippen molar-refractivity contribution < 1.29 is 27.4 Å². The summed E-state index contributed by atoms with van der Waals surface area (Å²) in [6.45, 7) is 0.341. The number of halogens is 3. The minimum atomic E-state index is -4.39. The van der Waals surface area contributed by atoms with Crippen molar-refractivity contribution >= 4 is 5.91 Å². The van der Waals surface area contributed by atoms with Crippen LogP contribution in [0, 0.1) is 0 Å². The topological polar surface area (TPSA) is 50.8 Å². The van der Waals surface area contributed by atoms with Crippen molar-refractivity contribution in [2.45, 2.75) is 25.1 Å². The normalized spacial score (nSPS) is 20.9. The average Bonchev–Trinajstić information content (AvgIpc) is 3.00. The summed E-state index contributed by atoms with van der Waals surface area (Å²) in [7, 11) is 0. The van der Waals surface area contributed by atoms with Gasteiger partial charge in [0.2, 0.25) is 5.91 Å². The summed E-state index contributed by atoms with van der Waals surface area (Å²) < 4.78 is 47.6. The number of carbonyl (C=O) groups is 1. The van der Waals surface area contributed by atoms with Crippen LogP contribution >= 0.6 is 0 Å². The van der Waals surface area contributed by atoms with Crippen LogP contribution in [0.2, 0.25) is 0 Å². The maximum absolute atomic E-state index is 12.2. The third kappa shape index (κ3) is 4.11. The highest BCUT2D eigenvalue weighted by atomic mass is 19.4. The van der Waals surface area contributed by atoms with Crippen LogP contribution in [0.15, 0.2) is 18.2 Å². The maximum atomic E-state index is 12.2. The summed E-state index contributed by atoms with van der Waals surface area (Å²) >= 11 is 0. The monoisotopic (exact) mass is 344 g/mol. The van der Waals surface area contributed by atoms with E-state index in [4.69, 9.17) is 9.47 Å². The van der Waals surface area contributed by atoms with Gasteiger partial charge in [-0.25, -0.2) is 0 Å². The van der Waals surface area contributed by atoms with E-state index in [1.807, 2.05) is 28.4 Å². The van der Waals surface area contributed by atoms with E-state index in [2.05, 4.69) is 0 Å². The van der Waals surface area contributed by atoms with E-state index < -0.39 is 18.6 Å². The van der Waals surface area contributed by atoms with Crippen LogP contribution < -0.4 is 14.8 Å². The van der Waals surface area contributed by atoms with Crippen LogP contribution in [0.3, 0.4) is 0 Å². The first-order valence-electron chi connectivity index (χ1n) is 7.89. The lowest BCUT2D eigenvalue weighted by Gasteiger charge is -2.26. The van der Waals surface area contributed by atoms with Crippen molar-refractivity contribution in [3.8, 4) is 11.5 Å². The molecular weight excluding hydrogens is 325 g/mol. The van der Waals surface area contributed by atoms with Gasteiger partial charge in [-0.3, -0.25) is 9.69 Å². The molecule has 1 amide bonds. The Labute approximate surface area is 137 Å². The molecule has 0 aromatic heterocycles. The molecule has 0 aliphatic carbocycles. The Morgan fingerprint density at radius 3 is 2.75 bits per heavy atom. The third-order valence-corrected chi connectivity index (χ3v) is 4.15. The summed E-state index contributed by atoms with van der Waals surface area (Å²) in [5, 5.41) is 1.92. The zero-order chi connectivity index (χ0) is 17.2. The van der Waals surface area contributed by atoms with Gasteiger partial charge in [-0.05, 0) is 37.1 Å². The van der Waals surface area contributed by atoms with E-state index in [-0.39, 0.29) is 12.6 Å². The van der Waals surface area contributed by atoms with E-state index in [0.717, 1.165) is 18.4 Å². The van der Waals surface area contributed by atoms with Crippen LogP contribution in [-0.4, -0.2) is 49.8 Å².